The van der Waals surface area contributed by atoms with Gasteiger partial charge >= 0.3 is 0 Å². The van der Waals surface area contributed by atoms with Gasteiger partial charge in [-0.1, -0.05) is 13.8 Å². The molecule has 1 heterocycles. The van der Waals surface area contributed by atoms with Gasteiger partial charge in [-0.3, -0.25) is 0 Å². The van der Waals surface area contributed by atoms with Crippen LogP contribution in [0.25, 0.3) is 0 Å². The molecule has 3 heteroatoms. The van der Waals surface area contributed by atoms with Crippen LogP contribution in [0, 0.1) is 5.41 Å². The summed E-state index contributed by atoms with van der Waals surface area (Å²) in [4.78, 5) is 2.45. The van der Waals surface area contributed by atoms with E-state index < -0.39 is 0 Å². The Morgan fingerprint density at radius 1 is 1.21 bits per heavy atom. The van der Waals surface area contributed by atoms with Gasteiger partial charge in [-0.2, -0.15) is 0 Å². The second-order valence-corrected chi connectivity index (χ2v) is 5.57. The zero-order chi connectivity index (χ0) is 13.9. The smallest absolute Gasteiger partial charge is 0.123 e. The number of nitrogens with two attached hydrogens (primary N) is 1. The Kier molecular flexibility index (Phi) is 4.23. The number of ether oxygens (including phenoxy) is 1. The number of anilines is 2. The third-order valence-corrected chi connectivity index (χ3v) is 4.53. The molecule has 0 atom stereocenters. The topological polar surface area (TPSA) is 38.5 Å². The molecular formula is C16H26N2O. The molecule has 1 aliphatic rings. The first kappa shape index (κ1) is 14.0. The maximum Gasteiger partial charge on any atom is 0.123 e. The van der Waals surface area contributed by atoms with Crippen LogP contribution in [-0.2, 0) is 0 Å². The van der Waals surface area contributed by atoms with Crippen LogP contribution in [-0.4, -0.2) is 19.7 Å². The van der Waals surface area contributed by atoms with Gasteiger partial charge in [0.15, 0.2) is 0 Å². The minimum atomic E-state index is 0.483. The normalized spacial score (nSPS) is 17.7. The Morgan fingerprint density at radius 2 is 1.95 bits per heavy atom. The number of rotatable bonds is 5. The van der Waals surface area contributed by atoms with E-state index in [0.29, 0.717) is 12.0 Å². The summed E-state index contributed by atoms with van der Waals surface area (Å²) >= 11 is 0. The summed E-state index contributed by atoms with van der Waals surface area (Å²) in [6, 6.07) is 6.07. The molecule has 2 N–H and O–H groups in total. The van der Waals surface area contributed by atoms with Crippen molar-refractivity contribution >= 4 is 11.4 Å². The van der Waals surface area contributed by atoms with Crippen molar-refractivity contribution in [3.05, 3.63) is 18.2 Å². The maximum absolute atomic E-state index is 5.98. The molecule has 3 nitrogen and oxygen atoms in total. The summed E-state index contributed by atoms with van der Waals surface area (Å²) in [6.45, 7) is 9.54. The number of nitrogens with zero attached hydrogens (tertiary/aromatic N) is 1. The van der Waals surface area contributed by atoms with Gasteiger partial charge in [-0.25, -0.2) is 0 Å². The first-order valence-electron chi connectivity index (χ1n) is 7.41. The average molecular weight is 262 g/mol. The molecule has 0 amide bonds. The minimum absolute atomic E-state index is 0.483. The molecule has 19 heavy (non-hydrogen) atoms. The molecule has 0 aliphatic carbocycles. The lowest BCUT2D eigenvalue weighted by Gasteiger charge is -2.27. The first-order valence-corrected chi connectivity index (χ1v) is 7.41. The molecule has 1 aromatic carbocycles. The van der Waals surface area contributed by atoms with Crippen molar-refractivity contribution in [2.75, 3.05) is 30.3 Å². The van der Waals surface area contributed by atoms with Crippen LogP contribution in [0.2, 0.25) is 0 Å². The predicted molar refractivity (Wildman–Crippen MR) is 81.9 cm³/mol. The summed E-state index contributed by atoms with van der Waals surface area (Å²) in [5, 5.41) is 0. The van der Waals surface area contributed by atoms with Gasteiger partial charge in [0.05, 0.1) is 6.61 Å². The molecule has 1 aliphatic heterocycles. The summed E-state index contributed by atoms with van der Waals surface area (Å²) in [7, 11) is 0. The summed E-state index contributed by atoms with van der Waals surface area (Å²) in [5.41, 5.74) is 8.45. The predicted octanol–water partition coefficient (Wildman–Crippen LogP) is 3.68. The highest BCUT2D eigenvalue weighted by Gasteiger charge is 2.35. The lowest BCUT2D eigenvalue weighted by Crippen LogP contribution is -2.26. The molecule has 1 saturated heterocycles. The van der Waals surface area contributed by atoms with Gasteiger partial charge in [-0.05, 0) is 37.7 Å². The Bertz CT molecular complexity index is 427. The van der Waals surface area contributed by atoms with Crippen molar-refractivity contribution in [3.63, 3.8) is 0 Å². The maximum atomic E-state index is 5.98. The minimum Gasteiger partial charge on any atom is -0.494 e. The SMILES string of the molecule is CCOc1cc(N)cc(N2CCC(CC)(CC)C2)c1. The average Bonchev–Trinajstić information content (AvgIpc) is 2.84. The Hall–Kier alpha value is -1.38. The summed E-state index contributed by atoms with van der Waals surface area (Å²) < 4.78 is 5.58. The highest BCUT2D eigenvalue weighted by atomic mass is 16.5. The summed E-state index contributed by atoms with van der Waals surface area (Å²) in [5.74, 6) is 0.878. The lowest BCUT2D eigenvalue weighted by atomic mass is 9.82. The lowest BCUT2D eigenvalue weighted by molar-refractivity contribution is 0.301. The monoisotopic (exact) mass is 262 g/mol. The van der Waals surface area contributed by atoms with E-state index in [4.69, 9.17) is 10.5 Å². The van der Waals surface area contributed by atoms with Crippen LogP contribution in [0.4, 0.5) is 11.4 Å². The van der Waals surface area contributed by atoms with Crippen molar-refractivity contribution in [1.82, 2.24) is 0 Å². The van der Waals surface area contributed by atoms with Gasteiger partial charge in [0.2, 0.25) is 0 Å². The fourth-order valence-electron chi connectivity index (χ4n) is 3.02. The Morgan fingerprint density at radius 3 is 2.53 bits per heavy atom. The van der Waals surface area contributed by atoms with E-state index in [-0.39, 0.29) is 0 Å². The molecular weight excluding hydrogens is 236 g/mol. The molecule has 0 radical (unpaired) electrons. The molecule has 0 spiro atoms. The van der Waals surface area contributed by atoms with Crippen molar-refractivity contribution in [3.8, 4) is 5.75 Å². The molecule has 0 unspecified atom stereocenters. The number of hydrogen-bond donors (Lipinski definition) is 1. The van der Waals surface area contributed by atoms with E-state index in [2.05, 4.69) is 30.9 Å². The van der Waals surface area contributed by atoms with Gasteiger partial charge < -0.3 is 15.4 Å². The van der Waals surface area contributed by atoms with Gasteiger partial charge in [0, 0.05) is 36.6 Å². The summed E-state index contributed by atoms with van der Waals surface area (Å²) in [6.07, 6.45) is 3.78. The van der Waals surface area contributed by atoms with Crippen LogP contribution in [0.5, 0.6) is 5.75 Å². The number of hydrogen-bond acceptors (Lipinski definition) is 3. The van der Waals surface area contributed by atoms with Crippen LogP contribution < -0.4 is 15.4 Å². The fourth-order valence-corrected chi connectivity index (χ4v) is 3.02. The molecule has 1 fully saturated rings. The van der Waals surface area contributed by atoms with Gasteiger partial charge in [0.1, 0.15) is 5.75 Å². The number of nitrogen functional groups attached to an aromatic ring is 1. The standard InChI is InChI=1S/C16H26N2O/c1-4-16(5-2)7-8-18(12-16)14-9-13(17)10-15(11-14)19-6-3/h9-11H,4-8,12,17H2,1-3H3. The molecule has 0 bridgehead atoms. The second-order valence-electron chi connectivity index (χ2n) is 5.57. The van der Waals surface area contributed by atoms with E-state index in [9.17, 15) is 0 Å². The van der Waals surface area contributed by atoms with Crippen LogP contribution >= 0.6 is 0 Å². The first-order chi connectivity index (χ1) is 9.12. The second kappa shape index (κ2) is 5.72. The highest BCUT2D eigenvalue weighted by molar-refractivity contribution is 5.61. The van der Waals surface area contributed by atoms with E-state index in [1.165, 1.54) is 24.9 Å². The van der Waals surface area contributed by atoms with Crippen LogP contribution in [0.3, 0.4) is 0 Å². The van der Waals surface area contributed by atoms with E-state index in [1.54, 1.807) is 0 Å². The van der Waals surface area contributed by atoms with Crippen LogP contribution in [0.15, 0.2) is 18.2 Å². The van der Waals surface area contributed by atoms with Gasteiger partial charge in [0.25, 0.3) is 0 Å². The molecule has 106 valence electrons. The van der Waals surface area contributed by atoms with Gasteiger partial charge in [-0.15, -0.1) is 0 Å². The largest absolute Gasteiger partial charge is 0.494 e. The Balaban J connectivity index is 2.19. The van der Waals surface area contributed by atoms with Crippen molar-refractivity contribution < 1.29 is 4.74 Å². The van der Waals surface area contributed by atoms with E-state index in [1.807, 2.05) is 13.0 Å². The fraction of sp³-hybridized carbons (Fsp3) is 0.625. The quantitative estimate of drug-likeness (QED) is 0.823. The zero-order valence-corrected chi connectivity index (χ0v) is 12.4. The van der Waals surface area contributed by atoms with Crippen molar-refractivity contribution in [2.24, 2.45) is 5.41 Å². The third kappa shape index (κ3) is 2.96. The van der Waals surface area contributed by atoms with Crippen molar-refractivity contribution in [2.45, 2.75) is 40.0 Å². The zero-order valence-electron chi connectivity index (χ0n) is 12.4. The van der Waals surface area contributed by atoms with E-state index >= 15 is 0 Å². The van der Waals surface area contributed by atoms with Crippen LogP contribution in [0.1, 0.15) is 40.0 Å². The van der Waals surface area contributed by atoms with E-state index in [0.717, 1.165) is 24.5 Å². The number of benzene rings is 1. The molecule has 1 aromatic rings. The molecule has 0 aromatic heterocycles. The highest BCUT2D eigenvalue weighted by Crippen LogP contribution is 2.40. The molecule has 0 saturated carbocycles. The third-order valence-electron chi connectivity index (χ3n) is 4.53. The molecule has 2 rings (SSSR count). The van der Waals surface area contributed by atoms with Crippen molar-refractivity contribution in [1.29, 1.82) is 0 Å². The Labute approximate surface area is 116 Å².